The van der Waals surface area contributed by atoms with Crippen LogP contribution in [-0.4, -0.2) is 12.4 Å². The van der Waals surface area contributed by atoms with Crippen molar-refractivity contribution in [3.63, 3.8) is 0 Å². The van der Waals surface area contributed by atoms with Crippen molar-refractivity contribution in [1.29, 1.82) is 0 Å². The number of ether oxygens (including phenoxy) is 1. The molecule has 0 aliphatic heterocycles. The highest BCUT2D eigenvalue weighted by Crippen LogP contribution is 1.87. The lowest BCUT2D eigenvalue weighted by Gasteiger charge is -2.00. The molecule has 0 atom stereocenters. The van der Waals surface area contributed by atoms with Crippen molar-refractivity contribution < 1.29 is 4.74 Å². The minimum Gasteiger partial charge on any atom is -0.457 e. The smallest absolute Gasteiger partial charge is 0.180 e. The molecule has 0 amide bonds. The van der Waals surface area contributed by atoms with E-state index < -0.39 is 0 Å². The lowest BCUT2D eigenvalue weighted by molar-refractivity contribution is 0.221. The second-order valence-corrected chi connectivity index (χ2v) is 1.99. The first kappa shape index (κ1) is 9.01. The van der Waals surface area contributed by atoms with Gasteiger partial charge in [0.05, 0.1) is 0 Å². The second kappa shape index (κ2) is 4.85. The van der Waals surface area contributed by atoms with Crippen LogP contribution in [0.15, 0.2) is 17.5 Å². The zero-order valence-corrected chi connectivity index (χ0v) is 6.55. The molecule has 0 saturated carbocycles. The van der Waals surface area contributed by atoms with Gasteiger partial charge in [0.1, 0.15) is 0 Å². The summed E-state index contributed by atoms with van der Waals surface area (Å²) >= 11 is 0. The van der Waals surface area contributed by atoms with E-state index in [-0.39, 0.29) is 12.6 Å². The average molecular weight is 142 g/mol. The van der Waals surface area contributed by atoms with E-state index in [9.17, 15) is 0 Å². The highest BCUT2D eigenvalue weighted by molar-refractivity contribution is 5.81. The van der Waals surface area contributed by atoms with Crippen molar-refractivity contribution in [2.75, 3.05) is 6.73 Å². The number of nitrogens with two attached hydrogens (primary N) is 1. The van der Waals surface area contributed by atoms with Gasteiger partial charge in [-0.1, -0.05) is 6.92 Å². The van der Waals surface area contributed by atoms with Crippen LogP contribution in [0.2, 0.25) is 0 Å². The summed E-state index contributed by atoms with van der Waals surface area (Å²) in [6.07, 6.45) is 0.945. The molecule has 0 aromatic rings. The maximum atomic E-state index is 5.13. The summed E-state index contributed by atoms with van der Waals surface area (Å²) < 4.78 is 4.81. The fraction of sp³-hybridized carbons (Fsp3) is 0.571. The first-order chi connectivity index (χ1) is 4.66. The number of rotatable bonds is 4. The third kappa shape index (κ3) is 5.15. The molecular weight excluding hydrogens is 128 g/mol. The topological polar surface area (TPSA) is 47.6 Å². The maximum absolute atomic E-state index is 5.13. The van der Waals surface area contributed by atoms with E-state index in [1.165, 1.54) is 0 Å². The van der Waals surface area contributed by atoms with E-state index >= 15 is 0 Å². The summed E-state index contributed by atoms with van der Waals surface area (Å²) in [4.78, 5) is 4.04. The van der Waals surface area contributed by atoms with Crippen LogP contribution in [0.1, 0.15) is 20.3 Å². The largest absolute Gasteiger partial charge is 0.457 e. The Hall–Kier alpha value is -0.990. The Morgan fingerprint density at radius 3 is 2.70 bits per heavy atom. The molecule has 0 aliphatic carbocycles. The fourth-order valence-electron chi connectivity index (χ4n) is 0.337. The van der Waals surface area contributed by atoms with Gasteiger partial charge in [-0.15, -0.1) is 0 Å². The monoisotopic (exact) mass is 142 g/mol. The summed E-state index contributed by atoms with van der Waals surface area (Å²) in [5.41, 5.74) is 6.19. The first-order valence-electron chi connectivity index (χ1n) is 3.24. The van der Waals surface area contributed by atoms with Gasteiger partial charge < -0.3 is 10.5 Å². The molecule has 0 bridgehead atoms. The molecule has 0 heterocycles. The third-order valence-electron chi connectivity index (χ3n) is 1.10. The second-order valence-electron chi connectivity index (χ2n) is 1.99. The van der Waals surface area contributed by atoms with Crippen molar-refractivity contribution in [2.45, 2.75) is 20.3 Å². The predicted octanol–water partition coefficient (Wildman–Crippen LogP) is 1.26. The number of aliphatic imine (C=N–C) groups is 1. The van der Waals surface area contributed by atoms with Gasteiger partial charge in [-0.2, -0.15) is 0 Å². The molecule has 3 nitrogen and oxygen atoms in total. The molecule has 0 unspecified atom stereocenters. The van der Waals surface area contributed by atoms with Gasteiger partial charge in [-0.05, 0) is 19.9 Å². The molecule has 0 aromatic carbocycles. The summed E-state index contributed by atoms with van der Waals surface area (Å²) in [6, 6.07) is 0. The van der Waals surface area contributed by atoms with Crippen LogP contribution in [0.4, 0.5) is 0 Å². The van der Waals surface area contributed by atoms with Crippen LogP contribution in [0, 0.1) is 0 Å². The van der Waals surface area contributed by atoms with Gasteiger partial charge in [0.15, 0.2) is 12.6 Å². The summed E-state index contributed by atoms with van der Waals surface area (Å²) in [5.74, 6) is 0.215. The molecule has 0 spiro atoms. The van der Waals surface area contributed by atoms with E-state index in [0.29, 0.717) is 0 Å². The molecule has 0 fully saturated rings. The third-order valence-corrected chi connectivity index (χ3v) is 1.10. The van der Waals surface area contributed by atoms with E-state index in [1.54, 1.807) is 0 Å². The lowest BCUT2D eigenvalue weighted by atomic mass is 10.3. The summed E-state index contributed by atoms with van der Waals surface area (Å²) in [5, 5.41) is 0. The Balaban J connectivity index is 3.43. The zero-order valence-electron chi connectivity index (χ0n) is 6.55. The highest BCUT2D eigenvalue weighted by Gasteiger charge is 1.85. The van der Waals surface area contributed by atoms with Crippen molar-refractivity contribution in [3.05, 3.63) is 12.5 Å². The van der Waals surface area contributed by atoms with Gasteiger partial charge in [0, 0.05) is 5.71 Å². The molecule has 0 radical (unpaired) electrons. The molecule has 10 heavy (non-hydrogen) atoms. The quantitative estimate of drug-likeness (QED) is 0.474. The van der Waals surface area contributed by atoms with Gasteiger partial charge in [-0.25, -0.2) is 0 Å². The van der Waals surface area contributed by atoms with Crippen molar-refractivity contribution in [3.8, 4) is 0 Å². The minimum atomic E-state index is 0.215. The van der Waals surface area contributed by atoms with E-state index in [1.807, 2.05) is 13.8 Å². The Morgan fingerprint density at radius 1 is 1.70 bits per heavy atom. The molecular formula is C7H14N2O. The van der Waals surface area contributed by atoms with Crippen LogP contribution in [0.5, 0.6) is 0 Å². The zero-order chi connectivity index (χ0) is 7.98. The van der Waals surface area contributed by atoms with E-state index in [0.717, 1.165) is 12.1 Å². The Bertz CT molecular complexity index is 141. The van der Waals surface area contributed by atoms with Gasteiger partial charge in [0.2, 0.25) is 0 Å². The van der Waals surface area contributed by atoms with Crippen molar-refractivity contribution in [2.24, 2.45) is 10.7 Å². The van der Waals surface area contributed by atoms with Crippen LogP contribution < -0.4 is 5.73 Å². The normalized spacial score (nSPS) is 11.2. The van der Waals surface area contributed by atoms with Crippen LogP contribution in [0.25, 0.3) is 0 Å². The number of hydrogen-bond acceptors (Lipinski definition) is 3. The van der Waals surface area contributed by atoms with Crippen molar-refractivity contribution >= 4 is 5.71 Å². The minimum absolute atomic E-state index is 0.215. The maximum Gasteiger partial charge on any atom is 0.180 e. The van der Waals surface area contributed by atoms with Gasteiger partial charge >= 0.3 is 0 Å². The summed E-state index contributed by atoms with van der Waals surface area (Å²) in [6.45, 7) is 7.64. The molecule has 0 saturated heterocycles. The molecule has 3 heteroatoms. The molecule has 0 rings (SSSR count). The van der Waals surface area contributed by atoms with Gasteiger partial charge in [0.25, 0.3) is 0 Å². The van der Waals surface area contributed by atoms with E-state index in [4.69, 9.17) is 10.5 Å². The molecule has 0 aliphatic rings. The van der Waals surface area contributed by atoms with Crippen molar-refractivity contribution in [1.82, 2.24) is 0 Å². The van der Waals surface area contributed by atoms with Crippen LogP contribution in [-0.2, 0) is 4.74 Å². The fourth-order valence-corrected chi connectivity index (χ4v) is 0.337. The Labute approximate surface area is 61.6 Å². The Morgan fingerprint density at radius 2 is 2.30 bits per heavy atom. The number of nitrogens with zero attached hydrogens (tertiary/aromatic N) is 1. The van der Waals surface area contributed by atoms with E-state index in [2.05, 4.69) is 11.6 Å². The molecule has 58 valence electrons. The van der Waals surface area contributed by atoms with Crippen LogP contribution >= 0.6 is 0 Å². The number of hydrogen-bond donors (Lipinski definition) is 1. The lowest BCUT2D eigenvalue weighted by Crippen LogP contribution is -2.02. The SMILES string of the molecule is C=C(N)OCN=C(C)CC. The predicted molar refractivity (Wildman–Crippen MR) is 42.7 cm³/mol. The average Bonchev–Trinajstić information content (AvgIpc) is 1.87. The van der Waals surface area contributed by atoms with Crippen LogP contribution in [0.3, 0.4) is 0 Å². The molecule has 2 N–H and O–H groups in total. The van der Waals surface area contributed by atoms with Gasteiger partial charge in [-0.3, -0.25) is 4.99 Å². The molecule has 0 aromatic heterocycles. The highest BCUT2D eigenvalue weighted by atomic mass is 16.5. The Kier molecular flexibility index (Phi) is 4.37. The summed E-state index contributed by atoms with van der Waals surface area (Å²) in [7, 11) is 0. The standard InChI is InChI=1S/C7H14N2O/c1-4-6(2)9-5-10-7(3)8/h3-5,8H2,1-2H3. The first-order valence-corrected chi connectivity index (χ1v) is 3.24.